The Bertz CT molecular complexity index is 400. The van der Waals surface area contributed by atoms with Crippen molar-refractivity contribution in [1.82, 2.24) is 4.98 Å². The monoisotopic (exact) mass is 279 g/mol. The highest BCUT2D eigenvalue weighted by atomic mass is 32.2. The Morgan fingerprint density at radius 2 is 2.21 bits per heavy atom. The van der Waals surface area contributed by atoms with Crippen LogP contribution in [-0.2, 0) is 4.74 Å². The highest BCUT2D eigenvalue weighted by Crippen LogP contribution is 2.43. The molecule has 1 spiro atoms. The van der Waals surface area contributed by atoms with Crippen LogP contribution in [0, 0.1) is 5.92 Å². The van der Waals surface area contributed by atoms with Crippen LogP contribution in [-0.4, -0.2) is 33.8 Å². The molecule has 3 rings (SSSR count). The highest BCUT2D eigenvalue weighted by Gasteiger charge is 2.41. The Morgan fingerprint density at radius 1 is 1.37 bits per heavy atom. The maximum Gasteiger partial charge on any atom is 0.0989 e. The van der Waals surface area contributed by atoms with Gasteiger partial charge in [0.1, 0.15) is 0 Å². The SMILES string of the molecule is OC(c1ccccn1)C1CCOC2(CCSCC2)C1. The second-order valence-electron chi connectivity index (χ2n) is 5.60. The molecule has 0 radical (unpaired) electrons. The van der Waals surface area contributed by atoms with Gasteiger partial charge in [0.05, 0.1) is 17.4 Å². The molecular weight excluding hydrogens is 258 g/mol. The molecule has 104 valence electrons. The van der Waals surface area contributed by atoms with Crippen LogP contribution in [0.2, 0.25) is 0 Å². The number of thioether (sulfide) groups is 1. The number of ether oxygens (including phenoxy) is 1. The standard InChI is InChI=1S/C15H21NO2S/c17-14(13-3-1-2-7-16-13)12-4-8-18-15(11-12)5-9-19-10-6-15/h1-3,7,12,14,17H,4-6,8-11H2. The first-order valence-corrected chi connectivity index (χ1v) is 8.25. The molecule has 2 saturated heterocycles. The van der Waals surface area contributed by atoms with Crippen LogP contribution < -0.4 is 0 Å². The van der Waals surface area contributed by atoms with Crippen molar-refractivity contribution in [3.8, 4) is 0 Å². The Hall–Kier alpha value is -0.580. The molecule has 3 nitrogen and oxygen atoms in total. The Labute approximate surface area is 118 Å². The molecule has 1 aromatic heterocycles. The van der Waals surface area contributed by atoms with Crippen LogP contribution in [0.1, 0.15) is 37.5 Å². The molecular formula is C15H21NO2S. The second-order valence-corrected chi connectivity index (χ2v) is 6.82. The fraction of sp³-hybridized carbons (Fsp3) is 0.667. The molecule has 0 amide bonds. The lowest BCUT2D eigenvalue weighted by Gasteiger charge is -2.44. The number of pyridine rings is 1. The van der Waals surface area contributed by atoms with Gasteiger partial charge in [-0.1, -0.05) is 6.07 Å². The van der Waals surface area contributed by atoms with Gasteiger partial charge in [0.15, 0.2) is 0 Å². The molecule has 2 fully saturated rings. The molecule has 2 atom stereocenters. The third kappa shape index (κ3) is 2.96. The van der Waals surface area contributed by atoms with E-state index in [0.29, 0.717) is 0 Å². The van der Waals surface area contributed by atoms with Crippen molar-refractivity contribution in [2.24, 2.45) is 5.92 Å². The van der Waals surface area contributed by atoms with E-state index in [2.05, 4.69) is 4.98 Å². The summed E-state index contributed by atoms with van der Waals surface area (Å²) in [6.07, 6.45) is 5.48. The number of nitrogens with zero attached hydrogens (tertiary/aromatic N) is 1. The first kappa shape index (κ1) is 13.4. The van der Waals surface area contributed by atoms with Gasteiger partial charge in [-0.2, -0.15) is 11.8 Å². The van der Waals surface area contributed by atoms with Gasteiger partial charge in [-0.25, -0.2) is 0 Å². The van der Waals surface area contributed by atoms with E-state index in [1.807, 2.05) is 30.0 Å². The topological polar surface area (TPSA) is 42.4 Å². The summed E-state index contributed by atoms with van der Waals surface area (Å²) in [6.45, 7) is 0.777. The van der Waals surface area contributed by atoms with Crippen LogP contribution in [0.3, 0.4) is 0 Å². The van der Waals surface area contributed by atoms with Crippen LogP contribution in [0.5, 0.6) is 0 Å². The van der Waals surface area contributed by atoms with E-state index in [1.54, 1.807) is 6.20 Å². The third-order valence-electron chi connectivity index (χ3n) is 4.37. The smallest absolute Gasteiger partial charge is 0.0989 e. The number of aliphatic hydroxyl groups excluding tert-OH is 1. The van der Waals surface area contributed by atoms with Gasteiger partial charge in [0.25, 0.3) is 0 Å². The Morgan fingerprint density at radius 3 is 2.95 bits per heavy atom. The zero-order valence-electron chi connectivity index (χ0n) is 11.1. The Balaban J connectivity index is 1.71. The minimum atomic E-state index is -0.448. The number of hydrogen-bond donors (Lipinski definition) is 1. The van der Waals surface area contributed by atoms with Crippen molar-refractivity contribution in [1.29, 1.82) is 0 Å². The van der Waals surface area contributed by atoms with Gasteiger partial charge in [0, 0.05) is 12.8 Å². The summed E-state index contributed by atoms with van der Waals surface area (Å²) in [7, 11) is 0. The molecule has 0 bridgehead atoms. The quantitative estimate of drug-likeness (QED) is 0.904. The fourth-order valence-corrected chi connectivity index (χ4v) is 4.46. The Kier molecular flexibility index (Phi) is 4.10. The molecule has 2 aliphatic rings. The van der Waals surface area contributed by atoms with Crippen molar-refractivity contribution in [2.45, 2.75) is 37.4 Å². The summed E-state index contributed by atoms with van der Waals surface area (Å²) in [5.74, 6) is 2.66. The van der Waals surface area contributed by atoms with E-state index in [0.717, 1.165) is 38.0 Å². The summed E-state index contributed by atoms with van der Waals surface area (Å²) in [4.78, 5) is 4.29. The van der Waals surface area contributed by atoms with Crippen molar-refractivity contribution < 1.29 is 9.84 Å². The fourth-order valence-electron chi connectivity index (χ4n) is 3.22. The van der Waals surface area contributed by atoms with Crippen molar-refractivity contribution in [2.75, 3.05) is 18.1 Å². The maximum atomic E-state index is 10.5. The van der Waals surface area contributed by atoms with Crippen LogP contribution in [0.4, 0.5) is 0 Å². The lowest BCUT2D eigenvalue weighted by Crippen LogP contribution is -2.44. The summed E-state index contributed by atoms with van der Waals surface area (Å²) < 4.78 is 6.08. The maximum absolute atomic E-state index is 10.5. The summed E-state index contributed by atoms with van der Waals surface area (Å²) in [6, 6.07) is 5.75. The average molecular weight is 279 g/mol. The molecule has 2 aliphatic heterocycles. The first-order valence-electron chi connectivity index (χ1n) is 7.10. The van der Waals surface area contributed by atoms with E-state index in [4.69, 9.17) is 4.74 Å². The number of aliphatic hydroxyl groups is 1. The van der Waals surface area contributed by atoms with Crippen LogP contribution in [0.15, 0.2) is 24.4 Å². The van der Waals surface area contributed by atoms with E-state index in [-0.39, 0.29) is 11.5 Å². The minimum Gasteiger partial charge on any atom is -0.387 e. The van der Waals surface area contributed by atoms with Gasteiger partial charge in [-0.3, -0.25) is 4.98 Å². The predicted molar refractivity (Wildman–Crippen MR) is 77.2 cm³/mol. The minimum absolute atomic E-state index is 0.0317. The molecule has 0 aliphatic carbocycles. The number of rotatable bonds is 2. The summed E-state index contributed by atoms with van der Waals surface area (Å²) in [5.41, 5.74) is 0.832. The summed E-state index contributed by atoms with van der Waals surface area (Å²) in [5, 5.41) is 10.5. The molecule has 0 aromatic carbocycles. The van der Waals surface area contributed by atoms with Crippen molar-refractivity contribution in [3.05, 3.63) is 30.1 Å². The molecule has 0 saturated carbocycles. The molecule has 1 N–H and O–H groups in total. The molecule has 1 aromatic rings. The molecule has 3 heterocycles. The van der Waals surface area contributed by atoms with Crippen LogP contribution >= 0.6 is 11.8 Å². The van der Waals surface area contributed by atoms with E-state index < -0.39 is 6.10 Å². The number of aromatic nitrogens is 1. The van der Waals surface area contributed by atoms with Crippen molar-refractivity contribution in [3.63, 3.8) is 0 Å². The lowest BCUT2D eigenvalue weighted by molar-refractivity contribution is -0.121. The third-order valence-corrected chi connectivity index (χ3v) is 5.36. The first-order chi connectivity index (χ1) is 9.29. The molecule has 4 heteroatoms. The van der Waals surface area contributed by atoms with Crippen LogP contribution in [0.25, 0.3) is 0 Å². The van der Waals surface area contributed by atoms with Gasteiger partial charge in [-0.15, -0.1) is 0 Å². The zero-order valence-corrected chi connectivity index (χ0v) is 11.9. The van der Waals surface area contributed by atoms with E-state index in [1.165, 1.54) is 11.5 Å². The normalized spacial score (nSPS) is 28.2. The lowest BCUT2D eigenvalue weighted by atomic mass is 9.79. The van der Waals surface area contributed by atoms with E-state index >= 15 is 0 Å². The van der Waals surface area contributed by atoms with Crippen molar-refractivity contribution >= 4 is 11.8 Å². The molecule has 2 unspecified atom stereocenters. The average Bonchev–Trinajstić information content (AvgIpc) is 2.48. The van der Waals surface area contributed by atoms with Gasteiger partial charge in [-0.05, 0) is 55.2 Å². The zero-order chi connectivity index (χ0) is 13.1. The highest BCUT2D eigenvalue weighted by molar-refractivity contribution is 7.99. The van der Waals surface area contributed by atoms with Gasteiger partial charge < -0.3 is 9.84 Å². The largest absolute Gasteiger partial charge is 0.387 e. The molecule has 19 heavy (non-hydrogen) atoms. The predicted octanol–water partition coefficient (Wildman–Crippen LogP) is 2.81. The van der Waals surface area contributed by atoms with Gasteiger partial charge in [0.2, 0.25) is 0 Å². The second kappa shape index (κ2) is 5.81. The van der Waals surface area contributed by atoms with E-state index in [9.17, 15) is 5.11 Å². The number of hydrogen-bond acceptors (Lipinski definition) is 4. The summed E-state index contributed by atoms with van der Waals surface area (Å²) >= 11 is 2.01. The van der Waals surface area contributed by atoms with Gasteiger partial charge >= 0.3 is 0 Å².